The van der Waals surface area contributed by atoms with E-state index in [2.05, 4.69) is 27.6 Å². The lowest BCUT2D eigenvalue weighted by atomic mass is 10.2. The van der Waals surface area contributed by atoms with Crippen LogP contribution >= 0.6 is 0 Å². The molecule has 0 aliphatic rings. The Labute approximate surface area is 137 Å². The van der Waals surface area contributed by atoms with E-state index in [1.807, 2.05) is 43.8 Å². The number of nitrogens with one attached hydrogen (secondary N) is 2. The van der Waals surface area contributed by atoms with Gasteiger partial charge in [0.05, 0.1) is 5.69 Å². The molecule has 0 aromatic carbocycles. The smallest absolute Gasteiger partial charge is 0.315 e. The maximum atomic E-state index is 11.9. The van der Waals surface area contributed by atoms with Gasteiger partial charge in [0, 0.05) is 42.8 Å². The van der Waals surface area contributed by atoms with Crippen LogP contribution < -0.4 is 10.6 Å². The van der Waals surface area contributed by atoms with Gasteiger partial charge >= 0.3 is 6.03 Å². The SMILES string of the molecule is CCn1nc(C)c(CNC(=O)NCCc2ccc(C)nc2)c1C. The Balaban J connectivity index is 1.77. The van der Waals surface area contributed by atoms with Gasteiger partial charge < -0.3 is 10.6 Å². The fourth-order valence-corrected chi connectivity index (χ4v) is 2.50. The lowest BCUT2D eigenvalue weighted by Gasteiger charge is -2.08. The van der Waals surface area contributed by atoms with Crippen molar-refractivity contribution >= 4 is 6.03 Å². The van der Waals surface area contributed by atoms with Crippen molar-refractivity contribution in [1.82, 2.24) is 25.4 Å². The summed E-state index contributed by atoms with van der Waals surface area (Å²) in [6.07, 6.45) is 2.62. The molecule has 0 aliphatic heterocycles. The number of aromatic nitrogens is 3. The number of amides is 2. The minimum Gasteiger partial charge on any atom is -0.338 e. The third kappa shape index (κ3) is 4.55. The van der Waals surface area contributed by atoms with E-state index in [1.165, 1.54) is 0 Å². The molecule has 124 valence electrons. The van der Waals surface area contributed by atoms with Gasteiger partial charge in [-0.25, -0.2) is 4.79 Å². The normalized spacial score (nSPS) is 10.6. The lowest BCUT2D eigenvalue weighted by Crippen LogP contribution is -2.36. The van der Waals surface area contributed by atoms with Gasteiger partial charge in [-0.15, -0.1) is 0 Å². The first-order valence-electron chi connectivity index (χ1n) is 7.97. The summed E-state index contributed by atoms with van der Waals surface area (Å²) in [5, 5.41) is 10.2. The van der Waals surface area contributed by atoms with Gasteiger partial charge in [0.1, 0.15) is 0 Å². The number of nitrogens with zero attached hydrogens (tertiary/aromatic N) is 3. The molecule has 2 N–H and O–H groups in total. The second-order valence-corrected chi connectivity index (χ2v) is 5.63. The molecule has 0 saturated heterocycles. The van der Waals surface area contributed by atoms with Crippen molar-refractivity contribution in [3.63, 3.8) is 0 Å². The summed E-state index contributed by atoms with van der Waals surface area (Å²) in [6, 6.07) is 3.85. The first-order chi connectivity index (χ1) is 11.0. The molecule has 0 aliphatic carbocycles. The van der Waals surface area contributed by atoms with Crippen molar-refractivity contribution in [3.05, 3.63) is 46.5 Å². The molecule has 2 amide bonds. The Morgan fingerprint density at radius 1 is 1.22 bits per heavy atom. The molecule has 2 rings (SSSR count). The summed E-state index contributed by atoms with van der Waals surface area (Å²) in [5.74, 6) is 0. The van der Waals surface area contributed by atoms with Crippen LogP contribution in [0.4, 0.5) is 4.79 Å². The first kappa shape index (κ1) is 17.0. The lowest BCUT2D eigenvalue weighted by molar-refractivity contribution is 0.240. The van der Waals surface area contributed by atoms with Crippen LogP contribution in [0.5, 0.6) is 0 Å². The van der Waals surface area contributed by atoms with Crippen LogP contribution in [0.1, 0.15) is 35.1 Å². The van der Waals surface area contributed by atoms with Gasteiger partial charge in [0.25, 0.3) is 0 Å². The van der Waals surface area contributed by atoms with Gasteiger partial charge in [-0.1, -0.05) is 6.07 Å². The highest BCUT2D eigenvalue weighted by Gasteiger charge is 2.11. The standard InChI is InChI=1S/C17H25N5O/c1-5-22-14(4)16(13(3)21-22)11-20-17(23)18-9-8-15-7-6-12(2)19-10-15/h6-7,10H,5,8-9,11H2,1-4H3,(H2,18,20,23). The zero-order chi connectivity index (χ0) is 16.8. The second kappa shape index (κ2) is 7.76. The van der Waals surface area contributed by atoms with E-state index in [9.17, 15) is 4.79 Å². The van der Waals surface area contributed by atoms with Gasteiger partial charge in [-0.2, -0.15) is 5.10 Å². The quantitative estimate of drug-likeness (QED) is 0.859. The molecule has 0 spiro atoms. The molecule has 2 heterocycles. The molecule has 23 heavy (non-hydrogen) atoms. The predicted octanol–water partition coefficient (Wildman–Crippen LogP) is 2.27. The van der Waals surface area contributed by atoms with Crippen LogP contribution in [0, 0.1) is 20.8 Å². The zero-order valence-corrected chi connectivity index (χ0v) is 14.3. The van der Waals surface area contributed by atoms with Crippen LogP contribution in [-0.4, -0.2) is 27.3 Å². The van der Waals surface area contributed by atoms with E-state index >= 15 is 0 Å². The predicted molar refractivity (Wildman–Crippen MR) is 90.3 cm³/mol. The molecule has 2 aromatic rings. The highest BCUT2D eigenvalue weighted by molar-refractivity contribution is 5.73. The number of carbonyl (C=O) groups is 1. The van der Waals surface area contributed by atoms with Crippen LogP contribution in [0.3, 0.4) is 0 Å². The molecule has 0 saturated carbocycles. The number of aryl methyl sites for hydroxylation is 3. The van der Waals surface area contributed by atoms with Crippen LogP contribution in [0.2, 0.25) is 0 Å². The Hall–Kier alpha value is -2.37. The fourth-order valence-electron chi connectivity index (χ4n) is 2.50. The number of hydrogen-bond donors (Lipinski definition) is 2. The molecule has 6 nitrogen and oxygen atoms in total. The molecule has 0 atom stereocenters. The largest absolute Gasteiger partial charge is 0.338 e. The Bertz CT molecular complexity index is 660. The molecule has 0 fully saturated rings. The highest BCUT2D eigenvalue weighted by atomic mass is 16.2. The molecular formula is C17H25N5O. The molecule has 0 radical (unpaired) electrons. The minimum atomic E-state index is -0.159. The summed E-state index contributed by atoms with van der Waals surface area (Å²) in [6.45, 7) is 9.94. The molecule has 6 heteroatoms. The van der Waals surface area contributed by atoms with Crippen molar-refractivity contribution < 1.29 is 4.79 Å². The Kier molecular flexibility index (Phi) is 5.73. The maximum Gasteiger partial charge on any atom is 0.315 e. The fraction of sp³-hybridized carbons (Fsp3) is 0.471. The Morgan fingerprint density at radius 3 is 2.61 bits per heavy atom. The van der Waals surface area contributed by atoms with E-state index in [4.69, 9.17) is 0 Å². The Morgan fingerprint density at radius 2 is 2.00 bits per heavy atom. The third-order valence-electron chi connectivity index (χ3n) is 3.93. The first-order valence-corrected chi connectivity index (χ1v) is 7.97. The molecule has 0 bridgehead atoms. The molecule has 0 unspecified atom stereocenters. The summed E-state index contributed by atoms with van der Waals surface area (Å²) >= 11 is 0. The third-order valence-corrected chi connectivity index (χ3v) is 3.93. The van der Waals surface area contributed by atoms with Crippen molar-refractivity contribution in [1.29, 1.82) is 0 Å². The topological polar surface area (TPSA) is 71.8 Å². The number of urea groups is 1. The number of pyridine rings is 1. The van der Waals surface area contributed by atoms with E-state index in [1.54, 1.807) is 0 Å². The van der Waals surface area contributed by atoms with Crippen molar-refractivity contribution in [2.75, 3.05) is 6.54 Å². The zero-order valence-electron chi connectivity index (χ0n) is 14.3. The van der Waals surface area contributed by atoms with Crippen molar-refractivity contribution in [2.24, 2.45) is 0 Å². The minimum absolute atomic E-state index is 0.159. The van der Waals surface area contributed by atoms with Gasteiger partial charge in [-0.3, -0.25) is 9.67 Å². The molecule has 2 aromatic heterocycles. The highest BCUT2D eigenvalue weighted by Crippen LogP contribution is 2.12. The van der Waals surface area contributed by atoms with Crippen LogP contribution in [0.15, 0.2) is 18.3 Å². The van der Waals surface area contributed by atoms with E-state index in [-0.39, 0.29) is 6.03 Å². The summed E-state index contributed by atoms with van der Waals surface area (Å²) in [7, 11) is 0. The average Bonchev–Trinajstić information content (AvgIpc) is 2.81. The summed E-state index contributed by atoms with van der Waals surface area (Å²) < 4.78 is 1.95. The van der Waals surface area contributed by atoms with Crippen molar-refractivity contribution in [3.8, 4) is 0 Å². The number of rotatable bonds is 6. The van der Waals surface area contributed by atoms with Gasteiger partial charge in [-0.05, 0) is 45.7 Å². The summed E-state index contributed by atoms with van der Waals surface area (Å²) in [5.41, 5.74) is 5.28. The molecular weight excluding hydrogens is 290 g/mol. The monoisotopic (exact) mass is 315 g/mol. The maximum absolute atomic E-state index is 11.9. The van der Waals surface area contributed by atoms with Gasteiger partial charge in [0.2, 0.25) is 0 Å². The van der Waals surface area contributed by atoms with Crippen LogP contribution in [0.25, 0.3) is 0 Å². The number of hydrogen-bond acceptors (Lipinski definition) is 3. The van der Waals surface area contributed by atoms with Gasteiger partial charge in [0.15, 0.2) is 0 Å². The summed E-state index contributed by atoms with van der Waals surface area (Å²) in [4.78, 5) is 16.1. The second-order valence-electron chi connectivity index (χ2n) is 5.63. The number of carbonyl (C=O) groups excluding carboxylic acids is 1. The van der Waals surface area contributed by atoms with Crippen molar-refractivity contribution in [2.45, 2.75) is 47.2 Å². The average molecular weight is 315 g/mol. The van der Waals surface area contributed by atoms with E-state index in [0.29, 0.717) is 13.1 Å². The van der Waals surface area contributed by atoms with E-state index < -0.39 is 0 Å². The van der Waals surface area contributed by atoms with Crippen LogP contribution in [-0.2, 0) is 19.5 Å². The van der Waals surface area contributed by atoms with E-state index in [0.717, 1.165) is 41.2 Å².